The van der Waals surface area contributed by atoms with Gasteiger partial charge in [-0.25, -0.2) is 0 Å². The van der Waals surface area contributed by atoms with Gasteiger partial charge in [-0.3, -0.25) is 0 Å². The molecule has 0 atom stereocenters. The first-order valence-corrected chi connectivity index (χ1v) is 5.97. The van der Waals surface area contributed by atoms with Crippen molar-refractivity contribution in [2.75, 3.05) is 13.7 Å². The van der Waals surface area contributed by atoms with E-state index in [1.165, 1.54) is 24.0 Å². The van der Waals surface area contributed by atoms with Crippen molar-refractivity contribution in [1.29, 1.82) is 0 Å². The van der Waals surface area contributed by atoms with Gasteiger partial charge in [0.05, 0.1) is 7.11 Å². The lowest BCUT2D eigenvalue weighted by atomic mass is 9.92. The third kappa shape index (κ3) is 1.79. The quantitative estimate of drug-likeness (QED) is 0.916. The Morgan fingerprint density at radius 3 is 2.60 bits per heavy atom. The zero-order valence-corrected chi connectivity index (χ0v) is 10.7. The van der Waals surface area contributed by atoms with Gasteiger partial charge in [0.15, 0.2) is 0 Å². The van der Waals surface area contributed by atoms with Gasteiger partial charge in [-0.1, -0.05) is 15.9 Å². The van der Waals surface area contributed by atoms with Crippen molar-refractivity contribution in [2.24, 2.45) is 5.73 Å². The molecule has 0 aromatic heterocycles. The first-order valence-electron chi connectivity index (χ1n) is 5.17. The summed E-state index contributed by atoms with van der Waals surface area (Å²) in [6.07, 6.45) is 2.40. The number of methoxy groups -OCH3 is 1. The summed E-state index contributed by atoms with van der Waals surface area (Å²) in [5.74, 6) is 0.905. The SMILES string of the molecule is COc1cc(Br)c(C)c(C2(CN)CC2)c1. The van der Waals surface area contributed by atoms with E-state index in [0.29, 0.717) is 0 Å². The molecular formula is C12H16BrNO. The molecule has 1 aliphatic carbocycles. The standard InChI is InChI=1S/C12H16BrNO/c1-8-10(12(7-14)3-4-12)5-9(15-2)6-11(8)13/h5-6H,3-4,7,14H2,1-2H3. The molecule has 0 unspecified atom stereocenters. The van der Waals surface area contributed by atoms with Crippen LogP contribution in [0.15, 0.2) is 16.6 Å². The van der Waals surface area contributed by atoms with Crippen molar-refractivity contribution in [3.8, 4) is 5.75 Å². The lowest BCUT2D eigenvalue weighted by Gasteiger charge is -2.18. The van der Waals surface area contributed by atoms with E-state index in [9.17, 15) is 0 Å². The van der Waals surface area contributed by atoms with Crippen molar-refractivity contribution in [3.63, 3.8) is 0 Å². The molecule has 2 nitrogen and oxygen atoms in total. The molecule has 3 heteroatoms. The average molecular weight is 270 g/mol. The van der Waals surface area contributed by atoms with Gasteiger partial charge < -0.3 is 10.5 Å². The minimum Gasteiger partial charge on any atom is -0.497 e. The molecule has 1 saturated carbocycles. The summed E-state index contributed by atoms with van der Waals surface area (Å²) < 4.78 is 6.40. The summed E-state index contributed by atoms with van der Waals surface area (Å²) >= 11 is 3.57. The molecule has 82 valence electrons. The predicted octanol–water partition coefficient (Wildman–Crippen LogP) is 2.76. The van der Waals surface area contributed by atoms with Crippen LogP contribution in [0.4, 0.5) is 0 Å². The molecule has 2 rings (SSSR count). The smallest absolute Gasteiger partial charge is 0.120 e. The van der Waals surface area contributed by atoms with Crippen molar-refractivity contribution >= 4 is 15.9 Å². The second kappa shape index (κ2) is 3.80. The summed E-state index contributed by atoms with van der Waals surface area (Å²) in [6.45, 7) is 2.86. The van der Waals surface area contributed by atoms with Crippen LogP contribution >= 0.6 is 15.9 Å². The monoisotopic (exact) mass is 269 g/mol. The summed E-state index contributed by atoms with van der Waals surface area (Å²) in [7, 11) is 1.70. The highest BCUT2D eigenvalue weighted by molar-refractivity contribution is 9.10. The number of halogens is 1. The van der Waals surface area contributed by atoms with Crippen molar-refractivity contribution in [3.05, 3.63) is 27.7 Å². The van der Waals surface area contributed by atoms with Gasteiger partial charge >= 0.3 is 0 Å². The maximum atomic E-state index is 5.86. The zero-order chi connectivity index (χ0) is 11.1. The number of rotatable bonds is 3. The molecule has 0 amide bonds. The van der Waals surface area contributed by atoms with Crippen LogP contribution in [0.5, 0.6) is 5.75 Å². The minimum atomic E-state index is 0.223. The van der Waals surface area contributed by atoms with Crippen LogP contribution in [0.3, 0.4) is 0 Å². The van der Waals surface area contributed by atoms with Gasteiger partial charge in [0.25, 0.3) is 0 Å². The molecule has 0 aliphatic heterocycles. The van der Waals surface area contributed by atoms with Crippen molar-refractivity contribution < 1.29 is 4.74 Å². The molecule has 15 heavy (non-hydrogen) atoms. The Bertz CT molecular complexity index is 385. The largest absolute Gasteiger partial charge is 0.497 e. The van der Waals surface area contributed by atoms with Gasteiger partial charge in [0.2, 0.25) is 0 Å². The van der Waals surface area contributed by atoms with E-state index >= 15 is 0 Å². The summed E-state index contributed by atoms with van der Waals surface area (Å²) in [4.78, 5) is 0. The fraction of sp³-hybridized carbons (Fsp3) is 0.500. The second-order valence-corrected chi connectivity index (χ2v) is 5.12. The third-order valence-corrected chi connectivity index (χ3v) is 4.19. The first kappa shape index (κ1) is 11.0. The highest BCUT2D eigenvalue weighted by Crippen LogP contribution is 2.50. The molecule has 0 radical (unpaired) electrons. The molecule has 2 N–H and O–H groups in total. The normalized spacial score (nSPS) is 17.6. The van der Waals surface area contributed by atoms with Crippen LogP contribution in [0, 0.1) is 6.92 Å². The molecule has 0 saturated heterocycles. The molecule has 0 heterocycles. The van der Waals surface area contributed by atoms with Gasteiger partial charge in [-0.2, -0.15) is 0 Å². The number of nitrogens with two attached hydrogens (primary N) is 1. The fourth-order valence-corrected chi connectivity index (χ4v) is 2.50. The molecule has 1 fully saturated rings. The molecular weight excluding hydrogens is 254 g/mol. The van der Waals surface area contributed by atoms with E-state index in [-0.39, 0.29) is 5.41 Å². The van der Waals surface area contributed by atoms with E-state index < -0.39 is 0 Å². The second-order valence-electron chi connectivity index (χ2n) is 4.27. The third-order valence-electron chi connectivity index (χ3n) is 3.37. The fourth-order valence-electron chi connectivity index (χ4n) is 2.06. The molecule has 0 spiro atoms. The first-order chi connectivity index (χ1) is 7.13. The Hall–Kier alpha value is -0.540. The highest BCUT2D eigenvalue weighted by Gasteiger charge is 2.44. The van der Waals surface area contributed by atoms with Crippen LogP contribution in [0.25, 0.3) is 0 Å². The molecule has 1 aromatic carbocycles. The van der Waals surface area contributed by atoms with Crippen LogP contribution < -0.4 is 10.5 Å². The van der Waals surface area contributed by atoms with E-state index in [4.69, 9.17) is 10.5 Å². The van der Waals surface area contributed by atoms with E-state index in [2.05, 4.69) is 28.9 Å². The summed E-state index contributed by atoms with van der Waals surface area (Å²) in [6, 6.07) is 4.13. The lowest BCUT2D eigenvalue weighted by molar-refractivity contribution is 0.413. The van der Waals surface area contributed by atoms with Crippen molar-refractivity contribution in [1.82, 2.24) is 0 Å². The average Bonchev–Trinajstić information content (AvgIpc) is 3.02. The Balaban J connectivity index is 2.50. The number of ether oxygens (including phenoxy) is 1. The maximum absolute atomic E-state index is 5.86. The molecule has 1 aromatic rings. The Kier molecular flexibility index (Phi) is 2.77. The van der Waals surface area contributed by atoms with E-state index in [1.54, 1.807) is 7.11 Å². The lowest BCUT2D eigenvalue weighted by Crippen LogP contribution is -2.21. The Morgan fingerprint density at radius 1 is 1.47 bits per heavy atom. The van der Waals surface area contributed by atoms with Gasteiger partial charge in [-0.15, -0.1) is 0 Å². The van der Waals surface area contributed by atoms with Gasteiger partial charge in [0, 0.05) is 16.4 Å². The van der Waals surface area contributed by atoms with E-state index in [1.807, 2.05) is 6.07 Å². The molecule has 0 bridgehead atoms. The Morgan fingerprint density at radius 2 is 2.13 bits per heavy atom. The summed E-state index contributed by atoms with van der Waals surface area (Å²) in [5.41, 5.74) is 8.71. The van der Waals surface area contributed by atoms with E-state index in [0.717, 1.165) is 16.8 Å². The Labute approximate surface area is 98.9 Å². The number of hydrogen-bond acceptors (Lipinski definition) is 2. The molecule has 1 aliphatic rings. The summed E-state index contributed by atoms with van der Waals surface area (Å²) in [5, 5.41) is 0. The van der Waals surface area contributed by atoms with Crippen molar-refractivity contribution in [2.45, 2.75) is 25.2 Å². The van der Waals surface area contributed by atoms with Crippen LogP contribution in [0.2, 0.25) is 0 Å². The van der Waals surface area contributed by atoms with Crippen LogP contribution in [-0.4, -0.2) is 13.7 Å². The van der Waals surface area contributed by atoms with Crippen LogP contribution in [-0.2, 0) is 5.41 Å². The maximum Gasteiger partial charge on any atom is 0.120 e. The number of benzene rings is 1. The van der Waals surface area contributed by atoms with Gasteiger partial charge in [0.1, 0.15) is 5.75 Å². The topological polar surface area (TPSA) is 35.2 Å². The zero-order valence-electron chi connectivity index (χ0n) is 9.14. The van der Waals surface area contributed by atoms with Crippen LogP contribution in [0.1, 0.15) is 24.0 Å². The highest BCUT2D eigenvalue weighted by atomic mass is 79.9. The number of hydrogen-bond donors (Lipinski definition) is 1. The minimum absolute atomic E-state index is 0.223. The predicted molar refractivity (Wildman–Crippen MR) is 65.4 cm³/mol. The van der Waals surface area contributed by atoms with Gasteiger partial charge in [-0.05, 0) is 43.0 Å².